The van der Waals surface area contributed by atoms with Crippen molar-refractivity contribution in [3.63, 3.8) is 0 Å². The molecular formula is C23H25N3OS2. The number of thiophene rings is 1. The number of amides is 1. The molecule has 4 nitrogen and oxygen atoms in total. The molecule has 1 aromatic heterocycles. The zero-order valence-corrected chi connectivity index (χ0v) is 17.9. The highest BCUT2D eigenvalue weighted by atomic mass is 32.2. The quantitative estimate of drug-likeness (QED) is 0.554. The lowest BCUT2D eigenvalue weighted by Gasteiger charge is -2.36. The topological polar surface area (TPSA) is 35.6 Å². The zero-order valence-electron chi connectivity index (χ0n) is 16.3. The molecule has 29 heavy (non-hydrogen) atoms. The van der Waals surface area contributed by atoms with Crippen molar-refractivity contribution in [1.29, 1.82) is 0 Å². The van der Waals surface area contributed by atoms with E-state index in [9.17, 15) is 4.79 Å². The normalized spacial score (nSPS) is 14.7. The van der Waals surface area contributed by atoms with Gasteiger partial charge in [-0.3, -0.25) is 9.69 Å². The van der Waals surface area contributed by atoms with Crippen molar-refractivity contribution in [3.05, 3.63) is 77.7 Å². The van der Waals surface area contributed by atoms with Gasteiger partial charge < -0.3 is 10.2 Å². The number of piperazine rings is 1. The summed E-state index contributed by atoms with van der Waals surface area (Å²) in [5, 5.41) is 5.02. The monoisotopic (exact) mass is 423 g/mol. The van der Waals surface area contributed by atoms with Gasteiger partial charge in [-0.2, -0.15) is 0 Å². The lowest BCUT2D eigenvalue weighted by Crippen LogP contribution is -2.45. The molecular weight excluding hydrogens is 398 g/mol. The zero-order chi connectivity index (χ0) is 19.9. The highest BCUT2D eigenvalue weighted by Crippen LogP contribution is 2.24. The van der Waals surface area contributed by atoms with Gasteiger partial charge in [0.15, 0.2) is 0 Å². The molecule has 2 heterocycles. The molecule has 0 aliphatic carbocycles. The summed E-state index contributed by atoms with van der Waals surface area (Å²) in [6.45, 7) is 5.19. The predicted molar refractivity (Wildman–Crippen MR) is 124 cm³/mol. The first-order valence-corrected chi connectivity index (χ1v) is 11.7. The third-order valence-electron chi connectivity index (χ3n) is 4.98. The Bertz CT molecular complexity index is 890. The smallest absolute Gasteiger partial charge is 0.234 e. The van der Waals surface area contributed by atoms with E-state index < -0.39 is 0 Å². The average Bonchev–Trinajstić information content (AvgIpc) is 3.28. The Kier molecular flexibility index (Phi) is 6.87. The van der Waals surface area contributed by atoms with Gasteiger partial charge in [-0.05, 0) is 41.3 Å². The minimum atomic E-state index is 0.0330. The third kappa shape index (κ3) is 5.85. The molecule has 0 unspecified atom stereocenters. The van der Waals surface area contributed by atoms with E-state index in [0.717, 1.165) is 38.4 Å². The van der Waals surface area contributed by atoms with Gasteiger partial charge in [0.05, 0.1) is 9.96 Å². The van der Waals surface area contributed by atoms with E-state index in [2.05, 4.69) is 57.6 Å². The number of anilines is 2. The lowest BCUT2D eigenvalue weighted by atomic mass is 10.2. The fraction of sp³-hybridized carbons (Fsp3) is 0.261. The highest BCUT2D eigenvalue weighted by molar-refractivity contribution is 8.01. The second kappa shape index (κ2) is 9.96. The molecule has 2 aromatic carbocycles. The Morgan fingerprint density at radius 3 is 2.38 bits per heavy atom. The standard InChI is InChI=1S/C23H25N3OS2/c27-22(18-29-23-7-4-16-28-23)24-20-8-10-21(11-9-20)26-14-12-25(13-15-26)17-19-5-2-1-3-6-19/h1-11,16H,12-15,17-18H2,(H,24,27). The highest BCUT2D eigenvalue weighted by Gasteiger charge is 2.17. The maximum atomic E-state index is 12.1. The van der Waals surface area contributed by atoms with E-state index in [1.54, 1.807) is 23.1 Å². The molecule has 6 heteroatoms. The number of rotatable bonds is 7. The minimum absolute atomic E-state index is 0.0330. The SMILES string of the molecule is O=C(CSc1cccs1)Nc1ccc(N2CCN(Cc3ccccc3)CC2)cc1. The summed E-state index contributed by atoms with van der Waals surface area (Å²) in [6, 6.07) is 22.9. The molecule has 150 valence electrons. The first-order chi connectivity index (χ1) is 14.3. The molecule has 1 N–H and O–H groups in total. The van der Waals surface area contributed by atoms with E-state index in [4.69, 9.17) is 0 Å². The molecule has 0 bridgehead atoms. The Labute approximate surface area is 180 Å². The molecule has 1 saturated heterocycles. The third-order valence-corrected chi connectivity index (χ3v) is 7.11. The summed E-state index contributed by atoms with van der Waals surface area (Å²) in [4.78, 5) is 17.1. The van der Waals surface area contributed by atoms with Gasteiger partial charge in [0.2, 0.25) is 5.91 Å². The molecule has 1 amide bonds. The van der Waals surface area contributed by atoms with Crippen molar-refractivity contribution in [2.24, 2.45) is 0 Å². The van der Waals surface area contributed by atoms with Crippen LogP contribution in [-0.2, 0) is 11.3 Å². The number of thioether (sulfide) groups is 1. The van der Waals surface area contributed by atoms with Crippen LogP contribution in [0, 0.1) is 0 Å². The molecule has 1 aliphatic heterocycles. The van der Waals surface area contributed by atoms with Crippen LogP contribution < -0.4 is 10.2 Å². The molecule has 4 rings (SSSR count). The largest absolute Gasteiger partial charge is 0.369 e. The molecule has 1 fully saturated rings. The summed E-state index contributed by atoms with van der Waals surface area (Å²) in [7, 11) is 0. The maximum Gasteiger partial charge on any atom is 0.234 e. The lowest BCUT2D eigenvalue weighted by molar-refractivity contribution is -0.113. The summed E-state index contributed by atoms with van der Waals surface area (Å²) >= 11 is 3.24. The minimum Gasteiger partial charge on any atom is -0.369 e. The van der Waals surface area contributed by atoms with Crippen LogP contribution in [0.25, 0.3) is 0 Å². The van der Waals surface area contributed by atoms with Crippen molar-refractivity contribution >= 4 is 40.4 Å². The van der Waals surface area contributed by atoms with E-state index in [0.29, 0.717) is 5.75 Å². The number of nitrogens with zero attached hydrogens (tertiary/aromatic N) is 2. The fourth-order valence-electron chi connectivity index (χ4n) is 3.44. The first-order valence-electron chi connectivity index (χ1n) is 9.84. The fourth-order valence-corrected chi connectivity index (χ4v) is 5.03. The van der Waals surface area contributed by atoms with Crippen LogP contribution in [0.2, 0.25) is 0 Å². The van der Waals surface area contributed by atoms with E-state index in [1.165, 1.54) is 15.5 Å². The number of carbonyl (C=O) groups excluding carboxylic acids is 1. The van der Waals surface area contributed by atoms with Crippen molar-refractivity contribution in [2.45, 2.75) is 10.8 Å². The Hall–Kier alpha value is -2.28. The number of carbonyl (C=O) groups is 1. The summed E-state index contributed by atoms with van der Waals surface area (Å²) < 4.78 is 1.17. The number of hydrogen-bond donors (Lipinski definition) is 1. The number of nitrogens with one attached hydrogen (secondary N) is 1. The molecule has 3 aromatic rings. The van der Waals surface area contributed by atoms with Crippen molar-refractivity contribution < 1.29 is 4.79 Å². The number of hydrogen-bond acceptors (Lipinski definition) is 5. The predicted octanol–water partition coefficient (Wildman–Crippen LogP) is 4.80. The van der Waals surface area contributed by atoms with Gasteiger partial charge in [0, 0.05) is 44.1 Å². The van der Waals surface area contributed by atoms with E-state index >= 15 is 0 Å². The first kappa shape index (κ1) is 20.0. The molecule has 0 radical (unpaired) electrons. The second-order valence-electron chi connectivity index (χ2n) is 7.06. The Morgan fingerprint density at radius 2 is 1.69 bits per heavy atom. The number of benzene rings is 2. The van der Waals surface area contributed by atoms with Gasteiger partial charge in [0.25, 0.3) is 0 Å². The summed E-state index contributed by atoms with van der Waals surface area (Å²) in [6.07, 6.45) is 0. The molecule has 0 saturated carbocycles. The average molecular weight is 424 g/mol. The van der Waals surface area contributed by atoms with Crippen LogP contribution in [0.5, 0.6) is 0 Å². The molecule has 0 atom stereocenters. The van der Waals surface area contributed by atoms with Gasteiger partial charge in [-0.15, -0.1) is 23.1 Å². The summed E-state index contributed by atoms with van der Waals surface area (Å²) in [5.41, 5.74) is 3.45. The van der Waals surface area contributed by atoms with Gasteiger partial charge >= 0.3 is 0 Å². The Balaban J connectivity index is 1.23. The second-order valence-corrected chi connectivity index (χ2v) is 9.29. The van der Waals surface area contributed by atoms with Crippen LogP contribution in [0.4, 0.5) is 11.4 Å². The summed E-state index contributed by atoms with van der Waals surface area (Å²) in [5.74, 6) is 0.469. The van der Waals surface area contributed by atoms with E-state index in [1.807, 2.05) is 29.6 Å². The van der Waals surface area contributed by atoms with Crippen LogP contribution in [0.3, 0.4) is 0 Å². The van der Waals surface area contributed by atoms with Crippen molar-refractivity contribution in [3.8, 4) is 0 Å². The van der Waals surface area contributed by atoms with Gasteiger partial charge in [-0.25, -0.2) is 0 Å². The van der Waals surface area contributed by atoms with Gasteiger partial charge in [0.1, 0.15) is 0 Å². The Morgan fingerprint density at radius 1 is 0.931 bits per heavy atom. The van der Waals surface area contributed by atoms with Gasteiger partial charge in [-0.1, -0.05) is 36.4 Å². The van der Waals surface area contributed by atoms with Crippen molar-refractivity contribution in [1.82, 2.24) is 4.90 Å². The van der Waals surface area contributed by atoms with Crippen molar-refractivity contribution in [2.75, 3.05) is 42.1 Å². The van der Waals surface area contributed by atoms with Crippen LogP contribution in [0.15, 0.2) is 76.3 Å². The van der Waals surface area contributed by atoms with E-state index in [-0.39, 0.29) is 5.91 Å². The molecule has 1 aliphatic rings. The molecule has 0 spiro atoms. The maximum absolute atomic E-state index is 12.1. The van der Waals surface area contributed by atoms with Crippen LogP contribution in [-0.4, -0.2) is 42.7 Å². The van der Waals surface area contributed by atoms with Crippen LogP contribution >= 0.6 is 23.1 Å². The van der Waals surface area contributed by atoms with Crippen LogP contribution in [0.1, 0.15) is 5.56 Å².